The normalized spacial score (nSPS) is 16.2. The topological polar surface area (TPSA) is 57.2 Å². The number of rotatable bonds is 9. The molecule has 1 fully saturated rings. The first kappa shape index (κ1) is 24.8. The Kier molecular flexibility index (Phi) is 9.95. The van der Waals surface area contributed by atoms with Crippen molar-refractivity contribution in [1.82, 2.24) is 4.90 Å². The molecule has 170 valence electrons. The molecule has 1 atom stereocenters. The van der Waals surface area contributed by atoms with Crippen molar-refractivity contribution in [3.05, 3.63) is 53.6 Å². The fraction of sp³-hybridized carbons (Fsp3) is 0.458. The monoisotopic (exact) mass is 449 g/mol. The first-order valence-corrected chi connectivity index (χ1v) is 10.4. The average Bonchev–Trinajstić information content (AvgIpc) is 2.81. The van der Waals surface area contributed by atoms with Crippen LogP contribution in [0.5, 0.6) is 17.2 Å². The predicted octanol–water partition coefficient (Wildman–Crippen LogP) is 4.25. The Morgan fingerprint density at radius 3 is 2.32 bits per heavy atom. The molecule has 0 aliphatic carbocycles. The standard InChI is InChI=1S/C24H31NO5.ClH/c1-27-21-14-20(15-22(28-2)23(21)29-3)24(26)30-17-19-10-7-12-25(16-19)13-11-18-8-5-4-6-9-18;/h4-6,8-9,14-15,19H,7,10-13,16-17H2,1-3H3;1H. The zero-order valence-electron chi connectivity index (χ0n) is 18.5. The molecule has 2 aromatic rings. The summed E-state index contributed by atoms with van der Waals surface area (Å²) in [6.45, 7) is 3.50. The summed E-state index contributed by atoms with van der Waals surface area (Å²) in [5.74, 6) is 1.30. The van der Waals surface area contributed by atoms with Crippen molar-refractivity contribution in [2.75, 3.05) is 47.6 Å². The lowest BCUT2D eigenvalue weighted by molar-refractivity contribution is 0.0354. The van der Waals surface area contributed by atoms with E-state index in [2.05, 4.69) is 29.2 Å². The molecule has 0 saturated carbocycles. The molecular formula is C24H32ClNO5. The average molecular weight is 450 g/mol. The Balaban J connectivity index is 0.00000341. The molecule has 1 aliphatic rings. The Bertz CT molecular complexity index is 805. The minimum absolute atomic E-state index is 0. The van der Waals surface area contributed by atoms with Gasteiger partial charge in [-0.25, -0.2) is 4.79 Å². The highest BCUT2D eigenvalue weighted by atomic mass is 35.5. The van der Waals surface area contributed by atoms with Crippen molar-refractivity contribution in [3.8, 4) is 17.2 Å². The first-order chi connectivity index (χ1) is 14.6. The summed E-state index contributed by atoms with van der Waals surface area (Å²) in [5, 5.41) is 0. The van der Waals surface area contributed by atoms with Gasteiger partial charge in [0.05, 0.1) is 33.5 Å². The first-order valence-electron chi connectivity index (χ1n) is 10.4. The van der Waals surface area contributed by atoms with Gasteiger partial charge in [-0.3, -0.25) is 0 Å². The number of ether oxygens (including phenoxy) is 4. The Labute approximate surface area is 190 Å². The second kappa shape index (κ2) is 12.4. The smallest absolute Gasteiger partial charge is 0.338 e. The van der Waals surface area contributed by atoms with E-state index in [1.165, 1.54) is 26.9 Å². The maximum Gasteiger partial charge on any atom is 0.338 e. The van der Waals surface area contributed by atoms with Gasteiger partial charge in [0.15, 0.2) is 11.5 Å². The molecule has 0 spiro atoms. The van der Waals surface area contributed by atoms with Gasteiger partial charge in [-0.1, -0.05) is 30.3 Å². The number of carbonyl (C=O) groups is 1. The van der Waals surface area contributed by atoms with Crippen molar-refractivity contribution < 1.29 is 23.7 Å². The lowest BCUT2D eigenvalue weighted by Gasteiger charge is -2.32. The van der Waals surface area contributed by atoms with Crippen molar-refractivity contribution in [3.63, 3.8) is 0 Å². The van der Waals surface area contributed by atoms with Crippen LogP contribution >= 0.6 is 12.4 Å². The van der Waals surface area contributed by atoms with E-state index in [1.807, 2.05) is 6.07 Å². The van der Waals surface area contributed by atoms with Gasteiger partial charge in [0.2, 0.25) is 5.75 Å². The second-order valence-corrected chi connectivity index (χ2v) is 7.56. The number of hydrogen-bond donors (Lipinski definition) is 0. The number of halogens is 1. The molecule has 2 aromatic carbocycles. The van der Waals surface area contributed by atoms with Gasteiger partial charge in [-0.15, -0.1) is 12.4 Å². The van der Waals surface area contributed by atoms with Crippen molar-refractivity contribution in [2.45, 2.75) is 19.3 Å². The molecule has 1 saturated heterocycles. The zero-order chi connectivity index (χ0) is 21.3. The molecular weight excluding hydrogens is 418 g/mol. The number of nitrogens with zero attached hydrogens (tertiary/aromatic N) is 1. The number of benzene rings is 2. The summed E-state index contributed by atoms with van der Waals surface area (Å²) in [6, 6.07) is 13.8. The maximum atomic E-state index is 12.6. The Hall–Kier alpha value is -2.44. The van der Waals surface area contributed by atoms with Crippen LogP contribution in [0.25, 0.3) is 0 Å². The van der Waals surface area contributed by atoms with Gasteiger partial charge in [0, 0.05) is 19.0 Å². The van der Waals surface area contributed by atoms with Crippen LogP contribution in [-0.2, 0) is 11.2 Å². The Morgan fingerprint density at radius 2 is 1.71 bits per heavy atom. The molecule has 1 aliphatic heterocycles. The molecule has 6 nitrogen and oxygen atoms in total. The van der Waals surface area contributed by atoms with Crippen molar-refractivity contribution in [2.24, 2.45) is 5.92 Å². The zero-order valence-corrected chi connectivity index (χ0v) is 19.3. The number of methoxy groups -OCH3 is 3. The highest BCUT2D eigenvalue weighted by Crippen LogP contribution is 2.38. The Morgan fingerprint density at radius 1 is 1.03 bits per heavy atom. The van der Waals surface area contributed by atoms with Crippen LogP contribution in [0.1, 0.15) is 28.8 Å². The summed E-state index contributed by atoms with van der Waals surface area (Å²) in [7, 11) is 4.59. The highest BCUT2D eigenvalue weighted by molar-refractivity contribution is 5.91. The number of piperidine rings is 1. The van der Waals surface area contributed by atoms with E-state index in [4.69, 9.17) is 18.9 Å². The SMILES string of the molecule is COc1cc(C(=O)OCC2CCCN(CCc3ccccc3)C2)cc(OC)c1OC.Cl. The van der Waals surface area contributed by atoms with E-state index in [9.17, 15) is 4.79 Å². The van der Waals surface area contributed by atoms with Crippen LogP contribution < -0.4 is 14.2 Å². The third-order valence-electron chi connectivity index (χ3n) is 5.51. The van der Waals surface area contributed by atoms with E-state index in [0.29, 0.717) is 35.3 Å². The fourth-order valence-electron chi connectivity index (χ4n) is 3.90. The van der Waals surface area contributed by atoms with E-state index in [1.54, 1.807) is 12.1 Å². The lowest BCUT2D eigenvalue weighted by Crippen LogP contribution is -2.38. The van der Waals surface area contributed by atoms with Gasteiger partial charge in [0.1, 0.15) is 0 Å². The fourth-order valence-corrected chi connectivity index (χ4v) is 3.90. The summed E-state index contributed by atoms with van der Waals surface area (Å²) in [6.07, 6.45) is 3.24. The number of hydrogen-bond acceptors (Lipinski definition) is 6. The molecule has 31 heavy (non-hydrogen) atoms. The van der Waals surface area contributed by atoms with Crippen LogP contribution in [0.15, 0.2) is 42.5 Å². The molecule has 0 amide bonds. The molecule has 0 radical (unpaired) electrons. The van der Waals surface area contributed by atoms with Crippen LogP contribution in [0.2, 0.25) is 0 Å². The largest absolute Gasteiger partial charge is 0.493 e. The van der Waals surface area contributed by atoms with Crippen LogP contribution in [0.3, 0.4) is 0 Å². The molecule has 7 heteroatoms. The number of esters is 1. The van der Waals surface area contributed by atoms with Crippen LogP contribution in [-0.4, -0.2) is 58.4 Å². The van der Waals surface area contributed by atoms with Gasteiger partial charge >= 0.3 is 5.97 Å². The van der Waals surface area contributed by atoms with E-state index in [0.717, 1.165) is 38.9 Å². The van der Waals surface area contributed by atoms with Gasteiger partial charge < -0.3 is 23.8 Å². The van der Waals surface area contributed by atoms with E-state index >= 15 is 0 Å². The van der Waals surface area contributed by atoms with Crippen LogP contribution in [0.4, 0.5) is 0 Å². The molecule has 3 rings (SSSR count). The van der Waals surface area contributed by atoms with Crippen LogP contribution in [0, 0.1) is 5.92 Å². The quantitative estimate of drug-likeness (QED) is 0.533. The molecule has 1 unspecified atom stereocenters. The van der Waals surface area contributed by atoms with E-state index < -0.39 is 0 Å². The van der Waals surface area contributed by atoms with E-state index in [-0.39, 0.29) is 18.4 Å². The number of likely N-dealkylation sites (tertiary alicyclic amines) is 1. The van der Waals surface area contributed by atoms with Gasteiger partial charge in [0.25, 0.3) is 0 Å². The summed E-state index contributed by atoms with van der Waals surface area (Å²) in [4.78, 5) is 15.1. The third kappa shape index (κ3) is 6.77. The predicted molar refractivity (Wildman–Crippen MR) is 123 cm³/mol. The second-order valence-electron chi connectivity index (χ2n) is 7.56. The van der Waals surface area contributed by atoms with Gasteiger partial charge in [-0.2, -0.15) is 0 Å². The lowest BCUT2D eigenvalue weighted by atomic mass is 9.98. The highest BCUT2D eigenvalue weighted by Gasteiger charge is 2.23. The summed E-state index contributed by atoms with van der Waals surface area (Å²) < 4.78 is 21.6. The summed E-state index contributed by atoms with van der Waals surface area (Å²) >= 11 is 0. The molecule has 1 heterocycles. The molecule has 0 bridgehead atoms. The minimum Gasteiger partial charge on any atom is -0.493 e. The maximum absolute atomic E-state index is 12.6. The molecule has 0 aromatic heterocycles. The van der Waals surface area contributed by atoms with Crippen molar-refractivity contribution in [1.29, 1.82) is 0 Å². The van der Waals surface area contributed by atoms with Gasteiger partial charge in [-0.05, 0) is 43.5 Å². The third-order valence-corrected chi connectivity index (χ3v) is 5.51. The minimum atomic E-state index is -0.379. The molecule has 0 N–H and O–H groups in total. The van der Waals surface area contributed by atoms with Crippen molar-refractivity contribution >= 4 is 18.4 Å². The number of carbonyl (C=O) groups excluding carboxylic acids is 1. The summed E-state index contributed by atoms with van der Waals surface area (Å²) in [5.41, 5.74) is 1.75.